The fourth-order valence-electron chi connectivity index (χ4n) is 3.00. The highest BCUT2D eigenvalue weighted by atomic mass is 35.5. The number of hydrogen-bond acceptors (Lipinski definition) is 3. The lowest BCUT2D eigenvalue weighted by Crippen LogP contribution is -2.55. The molecule has 2 aliphatic heterocycles. The maximum absolute atomic E-state index is 12.5. The zero-order chi connectivity index (χ0) is 12.3. The smallest absolute Gasteiger partial charge is 0.240 e. The molecule has 2 saturated heterocycles. The second-order valence-electron chi connectivity index (χ2n) is 5.33. The number of piperazine rings is 1. The van der Waals surface area contributed by atoms with E-state index in [2.05, 4.69) is 29.0 Å². The molecular formula is C13H27Cl2N3O. The first-order valence-electron chi connectivity index (χ1n) is 6.98. The number of rotatable bonds is 3. The molecule has 0 aromatic heterocycles. The highest BCUT2D eigenvalue weighted by molar-refractivity contribution is 5.85. The van der Waals surface area contributed by atoms with Gasteiger partial charge in [0.25, 0.3) is 0 Å². The van der Waals surface area contributed by atoms with E-state index in [-0.39, 0.29) is 30.9 Å². The van der Waals surface area contributed by atoms with Gasteiger partial charge in [-0.1, -0.05) is 6.92 Å². The molecule has 1 N–H and O–H groups in total. The summed E-state index contributed by atoms with van der Waals surface area (Å²) >= 11 is 0. The van der Waals surface area contributed by atoms with Crippen LogP contribution in [0.1, 0.15) is 33.1 Å². The molecule has 2 unspecified atom stereocenters. The van der Waals surface area contributed by atoms with Gasteiger partial charge >= 0.3 is 0 Å². The molecule has 2 atom stereocenters. The van der Waals surface area contributed by atoms with Gasteiger partial charge in [-0.15, -0.1) is 24.8 Å². The van der Waals surface area contributed by atoms with Crippen LogP contribution in [0.5, 0.6) is 0 Å². The van der Waals surface area contributed by atoms with Crippen LogP contribution >= 0.6 is 24.8 Å². The average molecular weight is 312 g/mol. The van der Waals surface area contributed by atoms with E-state index in [0.29, 0.717) is 11.9 Å². The minimum atomic E-state index is 0. The van der Waals surface area contributed by atoms with Crippen LogP contribution in [0, 0.1) is 0 Å². The Morgan fingerprint density at radius 1 is 1.32 bits per heavy atom. The summed E-state index contributed by atoms with van der Waals surface area (Å²) in [5.41, 5.74) is 0. The molecule has 1 amide bonds. The Morgan fingerprint density at radius 3 is 2.68 bits per heavy atom. The van der Waals surface area contributed by atoms with Gasteiger partial charge in [0, 0.05) is 25.7 Å². The minimum Gasteiger partial charge on any atom is -0.339 e. The van der Waals surface area contributed by atoms with E-state index in [4.69, 9.17) is 0 Å². The summed E-state index contributed by atoms with van der Waals surface area (Å²) < 4.78 is 0. The lowest BCUT2D eigenvalue weighted by Gasteiger charge is -2.35. The molecule has 6 heteroatoms. The molecule has 4 nitrogen and oxygen atoms in total. The van der Waals surface area contributed by atoms with Gasteiger partial charge in [-0.05, 0) is 39.3 Å². The number of halogens is 2. The first-order valence-corrected chi connectivity index (χ1v) is 6.98. The van der Waals surface area contributed by atoms with Crippen molar-refractivity contribution in [3.8, 4) is 0 Å². The van der Waals surface area contributed by atoms with Gasteiger partial charge in [0.05, 0.1) is 6.04 Å². The van der Waals surface area contributed by atoms with Crippen LogP contribution < -0.4 is 5.32 Å². The van der Waals surface area contributed by atoms with Crippen molar-refractivity contribution in [1.29, 1.82) is 0 Å². The van der Waals surface area contributed by atoms with E-state index in [1.54, 1.807) is 0 Å². The topological polar surface area (TPSA) is 35.6 Å². The van der Waals surface area contributed by atoms with Crippen LogP contribution in [0.3, 0.4) is 0 Å². The first kappa shape index (κ1) is 19.0. The van der Waals surface area contributed by atoms with Crippen LogP contribution in [0.2, 0.25) is 0 Å². The van der Waals surface area contributed by atoms with Crippen LogP contribution in [-0.4, -0.2) is 60.5 Å². The van der Waals surface area contributed by atoms with Gasteiger partial charge in [-0.25, -0.2) is 0 Å². The number of likely N-dealkylation sites (tertiary alicyclic amines) is 1. The minimum absolute atomic E-state index is 0. The van der Waals surface area contributed by atoms with Crippen molar-refractivity contribution in [2.75, 3.05) is 32.7 Å². The average Bonchev–Trinajstić information content (AvgIpc) is 2.77. The molecule has 2 rings (SSSR count). The summed E-state index contributed by atoms with van der Waals surface area (Å²) in [6, 6.07) is 0.606. The molecule has 2 aliphatic rings. The summed E-state index contributed by atoms with van der Waals surface area (Å²) in [6.07, 6.45) is 3.37. The molecule has 0 aromatic carbocycles. The SMILES string of the molecule is CCCN1CCCC1C(=O)N1CCNC(C)C1.Cl.Cl. The first-order chi connectivity index (χ1) is 8.22. The van der Waals surface area contributed by atoms with Gasteiger partial charge in [0.2, 0.25) is 5.91 Å². The normalized spacial score (nSPS) is 27.6. The van der Waals surface area contributed by atoms with Crippen LogP contribution in [0.4, 0.5) is 0 Å². The molecule has 0 aromatic rings. The highest BCUT2D eigenvalue weighted by Gasteiger charge is 2.34. The molecule has 0 saturated carbocycles. The molecular weight excluding hydrogens is 285 g/mol. The summed E-state index contributed by atoms with van der Waals surface area (Å²) in [5.74, 6) is 0.365. The van der Waals surface area contributed by atoms with Gasteiger partial charge in [-0.3, -0.25) is 9.69 Å². The molecule has 0 aliphatic carbocycles. The molecule has 0 bridgehead atoms. The number of nitrogens with zero attached hydrogens (tertiary/aromatic N) is 2. The third-order valence-corrected chi connectivity index (χ3v) is 3.84. The van der Waals surface area contributed by atoms with E-state index >= 15 is 0 Å². The number of carbonyl (C=O) groups excluding carboxylic acids is 1. The van der Waals surface area contributed by atoms with Crippen LogP contribution in [0.25, 0.3) is 0 Å². The molecule has 114 valence electrons. The second-order valence-corrected chi connectivity index (χ2v) is 5.33. The third-order valence-electron chi connectivity index (χ3n) is 3.84. The summed E-state index contributed by atoms with van der Waals surface area (Å²) in [4.78, 5) is 16.9. The van der Waals surface area contributed by atoms with E-state index in [0.717, 1.165) is 45.6 Å². The van der Waals surface area contributed by atoms with E-state index < -0.39 is 0 Å². The van der Waals surface area contributed by atoms with Crippen molar-refractivity contribution in [3.05, 3.63) is 0 Å². The maximum Gasteiger partial charge on any atom is 0.240 e. The van der Waals surface area contributed by atoms with Gasteiger partial charge < -0.3 is 10.2 Å². The van der Waals surface area contributed by atoms with E-state index in [1.807, 2.05) is 0 Å². The van der Waals surface area contributed by atoms with Gasteiger partial charge in [0.1, 0.15) is 0 Å². The number of carbonyl (C=O) groups is 1. The number of hydrogen-bond donors (Lipinski definition) is 1. The quantitative estimate of drug-likeness (QED) is 0.858. The standard InChI is InChI=1S/C13H25N3O.2ClH/c1-3-7-15-8-4-5-12(15)13(17)16-9-6-14-11(2)10-16;;/h11-12,14H,3-10H2,1-2H3;2*1H. The lowest BCUT2D eigenvalue weighted by molar-refractivity contribution is -0.137. The largest absolute Gasteiger partial charge is 0.339 e. The van der Waals surface area contributed by atoms with E-state index in [9.17, 15) is 4.79 Å². The Kier molecular flexibility index (Phi) is 8.99. The van der Waals surface area contributed by atoms with Crippen molar-refractivity contribution >= 4 is 30.7 Å². The van der Waals surface area contributed by atoms with Crippen molar-refractivity contribution in [3.63, 3.8) is 0 Å². The van der Waals surface area contributed by atoms with Crippen molar-refractivity contribution < 1.29 is 4.79 Å². The fraction of sp³-hybridized carbons (Fsp3) is 0.923. The van der Waals surface area contributed by atoms with E-state index in [1.165, 1.54) is 6.42 Å². The molecule has 0 radical (unpaired) electrons. The summed E-state index contributed by atoms with van der Waals surface area (Å²) in [7, 11) is 0. The number of nitrogens with one attached hydrogen (secondary N) is 1. The summed E-state index contributed by atoms with van der Waals surface area (Å²) in [5, 5.41) is 3.39. The van der Waals surface area contributed by atoms with Crippen molar-refractivity contribution in [2.45, 2.75) is 45.2 Å². The van der Waals surface area contributed by atoms with Crippen molar-refractivity contribution in [2.24, 2.45) is 0 Å². The van der Waals surface area contributed by atoms with Crippen molar-refractivity contribution in [1.82, 2.24) is 15.1 Å². The highest BCUT2D eigenvalue weighted by Crippen LogP contribution is 2.20. The molecule has 0 spiro atoms. The third kappa shape index (κ3) is 4.78. The molecule has 2 heterocycles. The van der Waals surface area contributed by atoms with Gasteiger partial charge in [-0.2, -0.15) is 0 Å². The predicted octanol–water partition coefficient (Wildman–Crippen LogP) is 1.52. The van der Waals surface area contributed by atoms with Crippen LogP contribution in [-0.2, 0) is 4.79 Å². The Hall–Kier alpha value is -0.0300. The Balaban J connectivity index is 0.00000162. The molecule has 19 heavy (non-hydrogen) atoms. The predicted molar refractivity (Wildman–Crippen MR) is 83.4 cm³/mol. The zero-order valence-corrected chi connectivity index (χ0v) is 13.6. The van der Waals surface area contributed by atoms with Crippen LogP contribution in [0.15, 0.2) is 0 Å². The Labute approximate surface area is 129 Å². The van der Waals surface area contributed by atoms with Gasteiger partial charge in [0.15, 0.2) is 0 Å². The Morgan fingerprint density at radius 2 is 2.05 bits per heavy atom. The Bertz CT molecular complexity index is 279. The lowest BCUT2D eigenvalue weighted by atomic mass is 10.1. The second kappa shape index (κ2) is 9.01. The zero-order valence-electron chi connectivity index (χ0n) is 11.9. The number of amides is 1. The summed E-state index contributed by atoms with van der Waals surface area (Å²) in [6.45, 7) is 9.19. The maximum atomic E-state index is 12.5. The fourth-order valence-corrected chi connectivity index (χ4v) is 3.00. The molecule has 2 fully saturated rings. The monoisotopic (exact) mass is 311 g/mol.